The molecule has 1 atom stereocenters. The molecule has 0 aliphatic heterocycles. The van der Waals surface area contributed by atoms with Gasteiger partial charge >= 0.3 is 5.97 Å². The van der Waals surface area contributed by atoms with Crippen LogP contribution in [0.3, 0.4) is 0 Å². The molecule has 9 heteroatoms. The first-order valence-corrected chi connectivity index (χ1v) is 7.40. The van der Waals surface area contributed by atoms with Crippen molar-refractivity contribution in [2.24, 2.45) is 12.5 Å². The zero-order valence-corrected chi connectivity index (χ0v) is 12.4. The fraction of sp³-hybridized carbons (Fsp3) is 0.600. The molecule has 0 saturated heterocycles. The molecular weight excluding hydrogens is 294 g/mol. The Morgan fingerprint density at radius 2 is 2.21 bits per heavy atom. The molecule has 1 aromatic rings. The molecular formula is C10H16ClN3O4S. The first-order chi connectivity index (χ1) is 8.64. The molecule has 0 aliphatic rings. The predicted octanol–water partition coefficient (Wildman–Crippen LogP) is 0.853. The van der Waals surface area contributed by atoms with Gasteiger partial charge in [0.05, 0.1) is 16.6 Å². The third-order valence-corrected chi connectivity index (χ3v) is 4.95. The van der Waals surface area contributed by atoms with E-state index in [1.54, 1.807) is 6.92 Å². The second-order valence-electron chi connectivity index (χ2n) is 4.47. The lowest BCUT2D eigenvalue weighted by Crippen LogP contribution is -2.41. The monoisotopic (exact) mass is 309 g/mol. The van der Waals surface area contributed by atoms with E-state index in [2.05, 4.69) is 9.82 Å². The maximum absolute atomic E-state index is 12.1. The van der Waals surface area contributed by atoms with Gasteiger partial charge in [0.2, 0.25) is 0 Å². The van der Waals surface area contributed by atoms with Gasteiger partial charge in [0.15, 0.2) is 5.03 Å². The number of aromatic nitrogens is 2. The Hall–Kier alpha value is -1.12. The number of sulfonamides is 1. The van der Waals surface area contributed by atoms with Crippen molar-refractivity contribution in [3.8, 4) is 0 Å². The fourth-order valence-corrected chi connectivity index (χ4v) is 3.20. The van der Waals surface area contributed by atoms with Crippen LogP contribution in [0.2, 0.25) is 5.02 Å². The Labute approximate surface area is 116 Å². The lowest BCUT2D eigenvalue weighted by Gasteiger charge is -2.23. The van der Waals surface area contributed by atoms with Crippen molar-refractivity contribution >= 4 is 27.6 Å². The van der Waals surface area contributed by atoms with Crippen LogP contribution in [0.25, 0.3) is 0 Å². The number of aliphatic carboxylic acids is 1. The number of hydrogen-bond donors (Lipinski definition) is 2. The second-order valence-corrected chi connectivity index (χ2v) is 6.55. The molecule has 108 valence electrons. The summed E-state index contributed by atoms with van der Waals surface area (Å²) in [4.78, 5) is 11.1. The number of carboxylic acid groups (broad SMARTS) is 1. The van der Waals surface area contributed by atoms with Crippen LogP contribution in [0.4, 0.5) is 0 Å². The largest absolute Gasteiger partial charge is 0.481 e. The Bertz CT molecular complexity index is 564. The van der Waals surface area contributed by atoms with Crippen LogP contribution in [-0.4, -0.2) is 35.8 Å². The average Bonchev–Trinajstić information content (AvgIpc) is 2.66. The van der Waals surface area contributed by atoms with Gasteiger partial charge in [-0.3, -0.25) is 9.48 Å². The normalized spacial score (nSPS) is 15.2. The first-order valence-electron chi connectivity index (χ1n) is 5.54. The number of carboxylic acids is 1. The highest BCUT2D eigenvalue weighted by atomic mass is 35.5. The molecule has 0 bridgehead atoms. The van der Waals surface area contributed by atoms with Gasteiger partial charge in [0.25, 0.3) is 10.0 Å². The van der Waals surface area contributed by atoms with E-state index < -0.39 is 21.4 Å². The molecule has 0 spiro atoms. The summed E-state index contributed by atoms with van der Waals surface area (Å²) < 4.78 is 27.5. The van der Waals surface area contributed by atoms with Crippen molar-refractivity contribution in [2.45, 2.75) is 25.3 Å². The third-order valence-electron chi connectivity index (χ3n) is 3.05. The number of nitrogens with zero attached hydrogens (tertiary/aromatic N) is 2. The highest BCUT2D eigenvalue weighted by Crippen LogP contribution is 2.23. The fourth-order valence-electron chi connectivity index (χ4n) is 1.38. The highest BCUT2D eigenvalue weighted by Gasteiger charge is 2.34. The highest BCUT2D eigenvalue weighted by molar-refractivity contribution is 7.89. The van der Waals surface area contributed by atoms with Gasteiger partial charge in [-0.15, -0.1) is 0 Å². The summed E-state index contributed by atoms with van der Waals surface area (Å²) in [6.07, 6.45) is 1.51. The Morgan fingerprint density at radius 3 is 2.58 bits per heavy atom. The van der Waals surface area contributed by atoms with Crippen molar-refractivity contribution in [2.75, 3.05) is 6.54 Å². The smallest absolute Gasteiger partial charge is 0.310 e. The zero-order valence-electron chi connectivity index (χ0n) is 10.8. The summed E-state index contributed by atoms with van der Waals surface area (Å²) in [5, 5.41) is 12.6. The SMILES string of the molecule is CCC(C)(CNS(=O)(=O)c1c(Cl)cnn1C)C(=O)O. The van der Waals surface area contributed by atoms with Crippen LogP contribution < -0.4 is 4.72 Å². The van der Waals surface area contributed by atoms with Crippen molar-refractivity contribution in [3.63, 3.8) is 0 Å². The van der Waals surface area contributed by atoms with Crippen LogP contribution in [0.1, 0.15) is 20.3 Å². The van der Waals surface area contributed by atoms with E-state index in [1.165, 1.54) is 20.2 Å². The summed E-state index contributed by atoms with van der Waals surface area (Å²) in [5.41, 5.74) is -1.17. The van der Waals surface area contributed by atoms with Gasteiger partial charge in [0, 0.05) is 13.6 Å². The third kappa shape index (κ3) is 3.26. The Morgan fingerprint density at radius 1 is 1.63 bits per heavy atom. The van der Waals surface area contributed by atoms with Crippen LogP contribution >= 0.6 is 11.6 Å². The van der Waals surface area contributed by atoms with E-state index in [9.17, 15) is 13.2 Å². The van der Waals surface area contributed by atoms with Gasteiger partial charge in [-0.05, 0) is 13.3 Å². The molecule has 0 radical (unpaired) electrons. The molecule has 1 unspecified atom stereocenters. The van der Waals surface area contributed by atoms with Crippen molar-refractivity contribution in [3.05, 3.63) is 11.2 Å². The summed E-state index contributed by atoms with van der Waals surface area (Å²) >= 11 is 5.76. The lowest BCUT2D eigenvalue weighted by molar-refractivity contribution is -0.147. The van der Waals surface area contributed by atoms with Gasteiger partial charge in [0.1, 0.15) is 0 Å². The average molecular weight is 310 g/mol. The molecule has 0 fully saturated rings. The molecule has 0 aliphatic carbocycles. The number of hydrogen-bond acceptors (Lipinski definition) is 4. The zero-order chi connectivity index (χ0) is 14.8. The van der Waals surface area contributed by atoms with Crippen molar-refractivity contribution < 1.29 is 18.3 Å². The molecule has 1 rings (SSSR count). The van der Waals surface area contributed by atoms with E-state index in [4.69, 9.17) is 16.7 Å². The van der Waals surface area contributed by atoms with Crippen LogP contribution in [0, 0.1) is 5.41 Å². The molecule has 7 nitrogen and oxygen atoms in total. The molecule has 1 heterocycles. The lowest BCUT2D eigenvalue weighted by atomic mass is 9.88. The van der Waals surface area contributed by atoms with E-state index >= 15 is 0 Å². The predicted molar refractivity (Wildman–Crippen MR) is 69.4 cm³/mol. The van der Waals surface area contributed by atoms with Crippen LogP contribution in [-0.2, 0) is 21.9 Å². The summed E-state index contributed by atoms with van der Waals surface area (Å²) in [6, 6.07) is 0. The van der Waals surface area contributed by atoms with Crippen molar-refractivity contribution in [1.82, 2.24) is 14.5 Å². The molecule has 0 amide bonds. The van der Waals surface area contributed by atoms with Crippen molar-refractivity contribution in [1.29, 1.82) is 0 Å². The van der Waals surface area contributed by atoms with Gasteiger partial charge in [-0.25, -0.2) is 13.1 Å². The minimum absolute atomic E-state index is 0.0106. The van der Waals surface area contributed by atoms with E-state index in [0.29, 0.717) is 6.42 Å². The summed E-state index contributed by atoms with van der Waals surface area (Å²) in [7, 11) is -2.46. The second kappa shape index (κ2) is 5.48. The van der Waals surface area contributed by atoms with E-state index in [1.807, 2.05) is 0 Å². The Kier molecular flexibility index (Phi) is 4.59. The van der Waals surface area contributed by atoms with Gasteiger partial charge < -0.3 is 5.11 Å². The first kappa shape index (κ1) is 15.9. The molecule has 0 saturated carbocycles. The topological polar surface area (TPSA) is 101 Å². The van der Waals surface area contributed by atoms with Crippen LogP contribution in [0.5, 0.6) is 0 Å². The van der Waals surface area contributed by atoms with Gasteiger partial charge in [-0.2, -0.15) is 5.10 Å². The Balaban J connectivity index is 2.97. The maximum Gasteiger partial charge on any atom is 0.310 e. The van der Waals surface area contributed by atoms with E-state index in [0.717, 1.165) is 4.68 Å². The molecule has 0 aromatic carbocycles. The number of nitrogens with one attached hydrogen (secondary N) is 1. The quantitative estimate of drug-likeness (QED) is 0.811. The minimum atomic E-state index is -3.90. The van der Waals surface area contributed by atoms with E-state index in [-0.39, 0.29) is 16.6 Å². The minimum Gasteiger partial charge on any atom is -0.481 e. The summed E-state index contributed by atoms with van der Waals surface area (Å²) in [5.74, 6) is -1.06. The standard InChI is InChI=1S/C10H16ClN3O4S/c1-4-10(2,9(15)16)6-13-19(17,18)8-7(11)5-12-14(8)3/h5,13H,4,6H2,1-3H3,(H,15,16). The number of carbonyl (C=O) groups is 1. The molecule has 2 N–H and O–H groups in total. The summed E-state index contributed by atoms with van der Waals surface area (Å²) in [6.45, 7) is 2.94. The number of halogens is 1. The number of aryl methyl sites for hydroxylation is 1. The molecule has 19 heavy (non-hydrogen) atoms. The molecule has 1 aromatic heterocycles. The maximum atomic E-state index is 12.1. The van der Waals surface area contributed by atoms with Gasteiger partial charge in [-0.1, -0.05) is 18.5 Å². The van der Waals surface area contributed by atoms with Crippen LogP contribution in [0.15, 0.2) is 11.2 Å². The number of rotatable bonds is 6.